The molecule has 0 amide bonds. The number of hydrogen-bond acceptors (Lipinski definition) is 1. The van der Waals surface area contributed by atoms with Crippen LogP contribution in [-0.4, -0.2) is 11.5 Å². The van der Waals surface area contributed by atoms with Crippen LogP contribution in [0.25, 0.3) is 10.9 Å². The standard InChI is InChI=1S/C12H15BrN2/c1-8(6-14)4-9-2-3-10-11(13)7-15-12(10)5-9/h2-3,5,7-8,15H,4,6,14H2,1H3. The molecule has 80 valence electrons. The van der Waals surface area contributed by atoms with Crippen LogP contribution in [0.2, 0.25) is 0 Å². The van der Waals surface area contributed by atoms with Gasteiger partial charge >= 0.3 is 0 Å². The van der Waals surface area contributed by atoms with E-state index >= 15 is 0 Å². The Morgan fingerprint density at radius 3 is 3.00 bits per heavy atom. The molecule has 15 heavy (non-hydrogen) atoms. The third kappa shape index (κ3) is 2.24. The van der Waals surface area contributed by atoms with E-state index in [-0.39, 0.29) is 0 Å². The number of H-pyrrole nitrogens is 1. The Hall–Kier alpha value is -0.800. The van der Waals surface area contributed by atoms with E-state index < -0.39 is 0 Å². The molecule has 3 heteroatoms. The molecule has 2 aromatic rings. The van der Waals surface area contributed by atoms with Crippen LogP contribution in [0, 0.1) is 5.92 Å². The number of fused-ring (bicyclic) bond motifs is 1. The minimum absolute atomic E-state index is 0.542. The zero-order valence-electron chi connectivity index (χ0n) is 8.76. The van der Waals surface area contributed by atoms with E-state index in [4.69, 9.17) is 5.73 Å². The fourth-order valence-corrected chi connectivity index (χ4v) is 2.21. The summed E-state index contributed by atoms with van der Waals surface area (Å²) in [6, 6.07) is 6.52. The third-order valence-electron chi connectivity index (χ3n) is 2.68. The van der Waals surface area contributed by atoms with Gasteiger partial charge in [0.15, 0.2) is 0 Å². The summed E-state index contributed by atoms with van der Waals surface area (Å²) in [7, 11) is 0. The van der Waals surface area contributed by atoms with Gasteiger partial charge in [0, 0.05) is 21.6 Å². The van der Waals surface area contributed by atoms with Gasteiger partial charge in [0.05, 0.1) is 0 Å². The zero-order chi connectivity index (χ0) is 10.8. The smallest absolute Gasteiger partial charge is 0.0468 e. The molecule has 0 bridgehead atoms. The molecule has 1 unspecified atom stereocenters. The van der Waals surface area contributed by atoms with E-state index in [0.717, 1.165) is 17.4 Å². The summed E-state index contributed by atoms with van der Waals surface area (Å²) < 4.78 is 1.12. The van der Waals surface area contributed by atoms with E-state index in [1.165, 1.54) is 16.5 Å². The molecule has 0 saturated heterocycles. The van der Waals surface area contributed by atoms with Crippen molar-refractivity contribution in [3.8, 4) is 0 Å². The maximum absolute atomic E-state index is 5.62. The Labute approximate surface area is 98.0 Å². The molecule has 1 heterocycles. The van der Waals surface area contributed by atoms with Gasteiger partial charge in [-0.1, -0.05) is 19.1 Å². The number of halogens is 1. The summed E-state index contributed by atoms with van der Waals surface area (Å²) in [5.74, 6) is 0.542. The topological polar surface area (TPSA) is 41.8 Å². The molecule has 0 aliphatic heterocycles. The number of nitrogens with one attached hydrogen (secondary N) is 1. The van der Waals surface area contributed by atoms with Crippen molar-refractivity contribution in [3.63, 3.8) is 0 Å². The highest BCUT2D eigenvalue weighted by Gasteiger charge is 2.04. The Bertz CT molecular complexity index is 462. The van der Waals surface area contributed by atoms with Crippen LogP contribution in [0.4, 0.5) is 0 Å². The van der Waals surface area contributed by atoms with E-state index in [1.54, 1.807) is 0 Å². The number of aromatic amines is 1. The van der Waals surface area contributed by atoms with Crippen LogP contribution in [0.5, 0.6) is 0 Å². The summed E-state index contributed by atoms with van der Waals surface area (Å²) >= 11 is 3.50. The average molecular weight is 267 g/mol. The molecule has 1 atom stereocenters. The Morgan fingerprint density at radius 1 is 1.47 bits per heavy atom. The lowest BCUT2D eigenvalue weighted by Crippen LogP contribution is -2.12. The molecule has 0 aliphatic carbocycles. The third-order valence-corrected chi connectivity index (χ3v) is 3.34. The second-order valence-corrected chi connectivity index (χ2v) is 4.92. The van der Waals surface area contributed by atoms with Crippen molar-refractivity contribution in [2.24, 2.45) is 11.7 Å². The molecule has 0 aliphatic rings. The van der Waals surface area contributed by atoms with Gasteiger partial charge in [-0.25, -0.2) is 0 Å². The van der Waals surface area contributed by atoms with E-state index in [9.17, 15) is 0 Å². The molecule has 2 nitrogen and oxygen atoms in total. The molecule has 0 fully saturated rings. The highest BCUT2D eigenvalue weighted by atomic mass is 79.9. The van der Waals surface area contributed by atoms with Gasteiger partial charge < -0.3 is 10.7 Å². The molecule has 0 radical (unpaired) electrons. The van der Waals surface area contributed by atoms with Crippen molar-refractivity contribution in [3.05, 3.63) is 34.4 Å². The maximum atomic E-state index is 5.62. The van der Waals surface area contributed by atoms with Crippen molar-refractivity contribution in [2.45, 2.75) is 13.3 Å². The normalized spacial score (nSPS) is 13.3. The van der Waals surface area contributed by atoms with Crippen molar-refractivity contribution in [1.82, 2.24) is 4.98 Å². The van der Waals surface area contributed by atoms with E-state index in [0.29, 0.717) is 5.92 Å². The predicted molar refractivity (Wildman–Crippen MR) is 67.9 cm³/mol. The highest BCUT2D eigenvalue weighted by Crippen LogP contribution is 2.24. The van der Waals surface area contributed by atoms with Gasteiger partial charge in [0.2, 0.25) is 0 Å². The van der Waals surface area contributed by atoms with Crippen LogP contribution in [-0.2, 0) is 6.42 Å². The summed E-state index contributed by atoms with van der Waals surface area (Å²) in [6.45, 7) is 2.92. The first-order chi connectivity index (χ1) is 7.20. The molecule has 0 saturated carbocycles. The maximum Gasteiger partial charge on any atom is 0.0468 e. The number of aromatic nitrogens is 1. The quantitative estimate of drug-likeness (QED) is 0.881. The lowest BCUT2D eigenvalue weighted by Gasteiger charge is -2.08. The summed E-state index contributed by atoms with van der Waals surface area (Å²) in [5.41, 5.74) is 8.15. The SMILES string of the molecule is CC(CN)Cc1ccc2c(Br)c[nH]c2c1. The second kappa shape index (κ2) is 4.37. The van der Waals surface area contributed by atoms with Crippen LogP contribution in [0.1, 0.15) is 12.5 Å². The van der Waals surface area contributed by atoms with Gasteiger partial charge in [0.25, 0.3) is 0 Å². The first-order valence-corrected chi connectivity index (χ1v) is 5.95. The number of nitrogens with two attached hydrogens (primary N) is 1. The molecule has 3 N–H and O–H groups in total. The molecule has 1 aromatic heterocycles. The average Bonchev–Trinajstić information content (AvgIpc) is 2.60. The molecule has 1 aromatic carbocycles. The first-order valence-electron chi connectivity index (χ1n) is 5.16. The Morgan fingerprint density at radius 2 is 2.27 bits per heavy atom. The van der Waals surface area contributed by atoms with E-state index in [2.05, 4.69) is 46.0 Å². The largest absolute Gasteiger partial charge is 0.360 e. The summed E-state index contributed by atoms with van der Waals surface area (Å²) in [6.07, 6.45) is 3.02. The Kier molecular flexibility index (Phi) is 3.12. The van der Waals surface area contributed by atoms with Crippen molar-refractivity contribution in [2.75, 3.05) is 6.54 Å². The Balaban J connectivity index is 2.31. The lowest BCUT2D eigenvalue weighted by atomic mass is 10.0. The van der Waals surface area contributed by atoms with Gasteiger partial charge in [-0.05, 0) is 46.4 Å². The number of benzene rings is 1. The fourth-order valence-electron chi connectivity index (χ4n) is 1.75. The minimum Gasteiger partial charge on any atom is -0.360 e. The van der Waals surface area contributed by atoms with Crippen LogP contribution in [0.15, 0.2) is 28.9 Å². The number of hydrogen-bond donors (Lipinski definition) is 2. The second-order valence-electron chi connectivity index (χ2n) is 4.06. The predicted octanol–water partition coefficient (Wildman–Crippen LogP) is 3.07. The van der Waals surface area contributed by atoms with Gasteiger partial charge in [-0.15, -0.1) is 0 Å². The summed E-state index contributed by atoms with van der Waals surface area (Å²) in [4.78, 5) is 3.24. The monoisotopic (exact) mass is 266 g/mol. The lowest BCUT2D eigenvalue weighted by molar-refractivity contribution is 0.593. The minimum atomic E-state index is 0.542. The molecular formula is C12H15BrN2. The van der Waals surface area contributed by atoms with Gasteiger partial charge in [-0.3, -0.25) is 0 Å². The van der Waals surface area contributed by atoms with Gasteiger partial charge in [0.1, 0.15) is 0 Å². The van der Waals surface area contributed by atoms with Crippen molar-refractivity contribution < 1.29 is 0 Å². The van der Waals surface area contributed by atoms with Crippen LogP contribution in [0.3, 0.4) is 0 Å². The zero-order valence-corrected chi connectivity index (χ0v) is 10.3. The highest BCUT2D eigenvalue weighted by molar-refractivity contribution is 9.10. The molecular weight excluding hydrogens is 252 g/mol. The summed E-state index contributed by atoms with van der Waals surface area (Å²) in [5, 5.41) is 1.24. The van der Waals surface area contributed by atoms with Crippen molar-refractivity contribution in [1.29, 1.82) is 0 Å². The van der Waals surface area contributed by atoms with Gasteiger partial charge in [-0.2, -0.15) is 0 Å². The van der Waals surface area contributed by atoms with E-state index in [1.807, 2.05) is 6.20 Å². The fraction of sp³-hybridized carbons (Fsp3) is 0.333. The van der Waals surface area contributed by atoms with Crippen LogP contribution < -0.4 is 5.73 Å². The number of rotatable bonds is 3. The molecule has 2 rings (SSSR count). The molecule has 0 spiro atoms. The van der Waals surface area contributed by atoms with Crippen molar-refractivity contribution >= 4 is 26.8 Å². The first kappa shape index (κ1) is 10.7. The van der Waals surface area contributed by atoms with Crippen LogP contribution >= 0.6 is 15.9 Å².